The zero-order chi connectivity index (χ0) is 19.7. The Morgan fingerprint density at radius 2 is 1.93 bits per heavy atom. The molecule has 28 heavy (non-hydrogen) atoms. The van der Waals surface area contributed by atoms with Crippen LogP contribution in [0.5, 0.6) is 5.88 Å². The van der Waals surface area contributed by atoms with Gasteiger partial charge in [0.2, 0.25) is 5.91 Å². The lowest BCUT2D eigenvalue weighted by Gasteiger charge is -2.35. The number of para-hydroxylation sites is 1. The largest absolute Gasteiger partial charge is 0.494 e. The van der Waals surface area contributed by atoms with Gasteiger partial charge < -0.3 is 19.9 Å². The molecule has 2 aromatic carbocycles. The average molecular weight is 380 g/mol. The van der Waals surface area contributed by atoms with Crippen molar-refractivity contribution in [2.24, 2.45) is 4.99 Å². The van der Waals surface area contributed by atoms with E-state index >= 15 is 0 Å². The predicted octanol–water partition coefficient (Wildman–Crippen LogP) is 3.43. The molecule has 4 rings (SSSR count). The van der Waals surface area contributed by atoms with Gasteiger partial charge in [-0.1, -0.05) is 18.2 Å². The van der Waals surface area contributed by atoms with Crippen LogP contribution in [0.15, 0.2) is 47.5 Å². The summed E-state index contributed by atoms with van der Waals surface area (Å²) in [7, 11) is 0. The van der Waals surface area contributed by atoms with Crippen molar-refractivity contribution in [2.45, 2.75) is 6.92 Å². The molecule has 0 aliphatic carbocycles. The first-order valence-electron chi connectivity index (χ1n) is 9.16. The molecule has 0 saturated carbocycles. The maximum atomic E-state index is 14.6. The molecule has 3 aromatic rings. The second-order valence-corrected chi connectivity index (χ2v) is 6.82. The van der Waals surface area contributed by atoms with Gasteiger partial charge >= 0.3 is 0 Å². The summed E-state index contributed by atoms with van der Waals surface area (Å²) in [6, 6.07) is 12.4. The van der Waals surface area contributed by atoms with Gasteiger partial charge in [-0.15, -0.1) is 0 Å². The quantitative estimate of drug-likeness (QED) is 0.684. The first kappa shape index (κ1) is 18.0. The van der Waals surface area contributed by atoms with E-state index in [4.69, 9.17) is 0 Å². The van der Waals surface area contributed by atoms with Crippen molar-refractivity contribution < 1.29 is 14.3 Å². The van der Waals surface area contributed by atoms with Crippen molar-refractivity contribution in [1.29, 1.82) is 0 Å². The van der Waals surface area contributed by atoms with Crippen LogP contribution < -0.4 is 4.90 Å². The van der Waals surface area contributed by atoms with Crippen LogP contribution in [0.4, 0.5) is 15.8 Å². The first-order valence-corrected chi connectivity index (χ1v) is 9.16. The molecule has 0 unspecified atom stereocenters. The molecule has 0 spiro atoms. The molecule has 1 aromatic heterocycles. The maximum Gasteiger partial charge on any atom is 0.219 e. The molecule has 1 aliphatic heterocycles. The second-order valence-electron chi connectivity index (χ2n) is 6.82. The fourth-order valence-electron chi connectivity index (χ4n) is 3.51. The monoisotopic (exact) mass is 380 g/mol. The van der Waals surface area contributed by atoms with Gasteiger partial charge in [0.05, 0.1) is 16.9 Å². The first-order chi connectivity index (χ1) is 13.5. The van der Waals surface area contributed by atoms with Crippen molar-refractivity contribution in [1.82, 2.24) is 9.88 Å². The summed E-state index contributed by atoms with van der Waals surface area (Å²) < 4.78 is 14.6. The van der Waals surface area contributed by atoms with E-state index < -0.39 is 0 Å². The second kappa shape index (κ2) is 7.34. The molecule has 1 saturated heterocycles. The summed E-state index contributed by atoms with van der Waals surface area (Å²) in [5, 5.41) is 10.9. The Balaban J connectivity index is 1.53. The lowest BCUT2D eigenvalue weighted by atomic mass is 10.2. The van der Waals surface area contributed by atoms with E-state index in [0.29, 0.717) is 43.1 Å². The number of aromatic hydroxyl groups is 1. The van der Waals surface area contributed by atoms with Crippen LogP contribution in [0.25, 0.3) is 10.9 Å². The van der Waals surface area contributed by atoms with Gasteiger partial charge in [0.1, 0.15) is 5.82 Å². The number of hydrogen-bond donors (Lipinski definition) is 2. The highest BCUT2D eigenvalue weighted by molar-refractivity contribution is 6.02. The number of rotatable bonds is 3. The third kappa shape index (κ3) is 3.43. The molecule has 0 radical (unpaired) electrons. The molecular weight excluding hydrogens is 359 g/mol. The Morgan fingerprint density at radius 3 is 2.64 bits per heavy atom. The molecule has 0 bridgehead atoms. The van der Waals surface area contributed by atoms with E-state index in [9.17, 15) is 14.3 Å². The van der Waals surface area contributed by atoms with Crippen molar-refractivity contribution >= 4 is 34.4 Å². The third-order valence-electron chi connectivity index (χ3n) is 5.07. The molecule has 1 aliphatic rings. The van der Waals surface area contributed by atoms with Crippen LogP contribution in [0, 0.1) is 5.82 Å². The number of nitrogens with zero attached hydrogens (tertiary/aromatic N) is 3. The minimum Gasteiger partial charge on any atom is -0.494 e. The van der Waals surface area contributed by atoms with Crippen LogP contribution in [0.3, 0.4) is 0 Å². The minimum atomic E-state index is -0.353. The number of benzene rings is 2. The number of halogens is 1. The number of piperazine rings is 1. The fourth-order valence-corrected chi connectivity index (χ4v) is 3.51. The van der Waals surface area contributed by atoms with E-state index in [2.05, 4.69) is 9.98 Å². The number of hydrogen-bond acceptors (Lipinski definition) is 4. The number of H-pyrrole nitrogens is 1. The Morgan fingerprint density at radius 1 is 1.18 bits per heavy atom. The number of amides is 1. The minimum absolute atomic E-state index is 0.0328. The Bertz CT molecular complexity index is 1050. The van der Waals surface area contributed by atoms with E-state index in [1.807, 2.05) is 29.2 Å². The average Bonchev–Trinajstić information content (AvgIpc) is 3.01. The van der Waals surface area contributed by atoms with Gasteiger partial charge in [-0.05, 0) is 18.2 Å². The fraction of sp³-hybridized carbons (Fsp3) is 0.238. The normalized spacial score (nSPS) is 14.9. The van der Waals surface area contributed by atoms with Gasteiger partial charge in [-0.25, -0.2) is 4.39 Å². The summed E-state index contributed by atoms with van der Waals surface area (Å²) in [5.74, 6) is -0.273. The van der Waals surface area contributed by atoms with Gasteiger partial charge in [0, 0.05) is 56.3 Å². The standard InChI is InChI=1S/C21H21FN4O2/c1-14(27)25-8-10-26(11-9-25)20-7-6-15(12-18(20)22)23-13-17-16-4-2-3-5-19(16)24-21(17)28/h2-7,12-13,24,28H,8-11H2,1H3. The Hall–Kier alpha value is -3.35. The molecule has 1 fully saturated rings. The number of nitrogens with one attached hydrogen (secondary N) is 1. The van der Waals surface area contributed by atoms with Gasteiger partial charge in [-0.2, -0.15) is 0 Å². The van der Waals surface area contributed by atoms with Crippen LogP contribution >= 0.6 is 0 Å². The summed E-state index contributed by atoms with van der Waals surface area (Å²) in [6.45, 7) is 3.93. The smallest absolute Gasteiger partial charge is 0.219 e. The highest BCUT2D eigenvalue weighted by Gasteiger charge is 2.20. The zero-order valence-electron chi connectivity index (χ0n) is 15.5. The highest BCUT2D eigenvalue weighted by Crippen LogP contribution is 2.28. The number of aromatic amines is 1. The van der Waals surface area contributed by atoms with Gasteiger partial charge in [0.25, 0.3) is 0 Å². The summed E-state index contributed by atoms with van der Waals surface area (Å²) in [6.07, 6.45) is 1.54. The Kier molecular flexibility index (Phi) is 4.73. The van der Waals surface area contributed by atoms with Crippen molar-refractivity contribution in [3.05, 3.63) is 53.8 Å². The molecule has 2 N–H and O–H groups in total. The number of carbonyl (C=O) groups excluding carboxylic acids is 1. The molecule has 6 nitrogen and oxygen atoms in total. The third-order valence-corrected chi connectivity index (χ3v) is 5.07. The topological polar surface area (TPSA) is 71.9 Å². The van der Waals surface area contributed by atoms with E-state index in [1.165, 1.54) is 12.3 Å². The van der Waals surface area contributed by atoms with Crippen LogP contribution in [-0.2, 0) is 4.79 Å². The summed E-state index contributed by atoms with van der Waals surface area (Å²) in [4.78, 5) is 22.3. The number of fused-ring (bicyclic) bond motifs is 1. The maximum absolute atomic E-state index is 14.6. The van der Waals surface area contributed by atoms with Crippen LogP contribution in [0.2, 0.25) is 0 Å². The van der Waals surface area contributed by atoms with Crippen molar-refractivity contribution in [2.75, 3.05) is 31.1 Å². The van der Waals surface area contributed by atoms with Crippen molar-refractivity contribution in [3.8, 4) is 5.88 Å². The lowest BCUT2D eigenvalue weighted by molar-refractivity contribution is -0.129. The molecular formula is C21H21FN4O2. The molecule has 0 atom stereocenters. The highest BCUT2D eigenvalue weighted by atomic mass is 19.1. The molecule has 2 heterocycles. The zero-order valence-corrected chi connectivity index (χ0v) is 15.5. The van der Waals surface area contributed by atoms with E-state index in [-0.39, 0.29) is 17.6 Å². The number of carbonyl (C=O) groups is 1. The van der Waals surface area contributed by atoms with E-state index in [1.54, 1.807) is 24.0 Å². The Labute approximate surface area is 161 Å². The summed E-state index contributed by atoms with van der Waals surface area (Å²) >= 11 is 0. The van der Waals surface area contributed by atoms with Crippen molar-refractivity contribution in [3.63, 3.8) is 0 Å². The SMILES string of the molecule is CC(=O)N1CCN(c2ccc(N=Cc3c(O)[nH]c4ccccc34)cc2F)CC1. The molecule has 144 valence electrons. The number of aliphatic imine (C=N–C) groups is 1. The number of aromatic nitrogens is 1. The number of anilines is 1. The molecule has 1 amide bonds. The van der Waals surface area contributed by atoms with Crippen LogP contribution in [0.1, 0.15) is 12.5 Å². The lowest BCUT2D eigenvalue weighted by Crippen LogP contribution is -2.48. The molecule has 7 heteroatoms. The van der Waals surface area contributed by atoms with E-state index in [0.717, 1.165) is 10.9 Å². The van der Waals surface area contributed by atoms with Gasteiger partial charge in [0.15, 0.2) is 5.88 Å². The van der Waals surface area contributed by atoms with Crippen LogP contribution in [-0.4, -0.2) is 53.3 Å². The summed E-state index contributed by atoms with van der Waals surface area (Å²) in [5.41, 5.74) is 2.36. The predicted molar refractivity (Wildman–Crippen MR) is 108 cm³/mol. The van der Waals surface area contributed by atoms with Gasteiger partial charge in [-0.3, -0.25) is 9.79 Å².